The first-order valence-electron chi connectivity index (χ1n) is 4.92. The molecule has 0 aromatic carbocycles. The van der Waals surface area contributed by atoms with Gasteiger partial charge in [-0.05, 0) is 0 Å². The van der Waals surface area contributed by atoms with Crippen molar-refractivity contribution in [1.29, 1.82) is 0 Å². The van der Waals surface area contributed by atoms with E-state index >= 15 is 0 Å². The number of rotatable bonds is 5. The normalized spacial score (nSPS) is 9.46. The Labute approximate surface area is 89.5 Å². The van der Waals surface area contributed by atoms with E-state index in [2.05, 4.69) is 20.8 Å². The van der Waals surface area contributed by atoms with Gasteiger partial charge in [-0.2, -0.15) is 0 Å². The Kier molecular flexibility index (Phi) is 15.9. The number of hydrogen-bond donors (Lipinski definition) is 2. The van der Waals surface area contributed by atoms with Crippen molar-refractivity contribution in [2.45, 2.75) is 49.6 Å². The van der Waals surface area contributed by atoms with Crippen LogP contribution in [-0.4, -0.2) is 9.79 Å². The summed E-state index contributed by atoms with van der Waals surface area (Å²) in [5, 5.41) is 1.62. The summed E-state index contributed by atoms with van der Waals surface area (Å²) in [5.41, 5.74) is 0. The second kappa shape index (κ2) is 12.8. The topological polar surface area (TPSA) is 57.5 Å². The molecule has 0 bridgehead atoms. The van der Waals surface area contributed by atoms with Gasteiger partial charge >= 0.3 is 74.9 Å². The van der Waals surface area contributed by atoms with Gasteiger partial charge in [-0.3, -0.25) is 4.57 Å². The van der Waals surface area contributed by atoms with Crippen LogP contribution < -0.4 is 0 Å². The molecule has 0 unspecified atom stereocenters. The van der Waals surface area contributed by atoms with Crippen molar-refractivity contribution < 1.29 is 31.5 Å². The smallest absolute Gasteiger partial charge is 0.314 e. The predicted octanol–water partition coefficient (Wildman–Crippen LogP) is 2.87. The Hall–Kier alpha value is 0.773. The van der Waals surface area contributed by atoms with Gasteiger partial charge in [-0.25, -0.2) is 0 Å². The van der Waals surface area contributed by atoms with Crippen molar-refractivity contribution in [3.63, 3.8) is 0 Å². The largest absolute Gasteiger partial charge is 0.326 e. The minimum Gasteiger partial charge on any atom is -0.326 e. The molecule has 0 atom stereocenters. The monoisotopic (exact) mass is 260 g/mol. The molecule has 3 nitrogen and oxygen atoms in total. The minimum absolute atomic E-state index is 0.0560. The standard InChI is InChI=1S/C5H11.C3H7.H3O3P.Zn/c1-3-5-4-2;1-3-2;1-4(2)3;/h1,3-5H2,2H3;3H,1-2H3;4H,(H2,1,2,3);. The van der Waals surface area contributed by atoms with Crippen LogP contribution >= 0.6 is 8.25 Å². The fraction of sp³-hybridized carbons (Fsp3) is 1.00. The second-order valence-electron chi connectivity index (χ2n) is 3.53. The summed E-state index contributed by atoms with van der Waals surface area (Å²) in [7, 11) is -3.13. The van der Waals surface area contributed by atoms with Crippen molar-refractivity contribution >= 4 is 8.25 Å². The molecule has 0 heterocycles. The van der Waals surface area contributed by atoms with Crippen LogP contribution in [0.4, 0.5) is 0 Å². The van der Waals surface area contributed by atoms with Crippen molar-refractivity contribution in [2.24, 2.45) is 0 Å². The minimum atomic E-state index is -3.13. The second-order valence-corrected chi connectivity index (χ2v) is 10.2. The van der Waals surface area contributed by atoms with Gasteiger partial charge in [0.05, 0.1) is 0 Å². The van der Waals surface area contributed by atoms with Crippen LogP contribution in [0.2, 0.25) is 9.53 Å². The van der Waals surface area contributed by atoms with E-state index in [1.54, 1.807) is 5.02 Å². The number of unbranched alkanes of at least 4 members (excludes halogenated alkanes) is 2. The fourth-order valence-corrected chi connectivity index (χ4v) is 4.04. The molecule has 0 fully saturated rings. The zero-order valence-electron chi connectivity index (χ0n) is 8.92. The maximum atomic E-state index is 8.74. The molecule has 0 aliphatic rings. The fourth-order valence-electron chi connectivity index (χ4n) is 0.979. The van der Waals surface area contributed by atoms with E-state index in [9.17, 15) is 0 Å². The molecule has 78 valence electrons. The van der Waals surface area contributed by atoms with Gasteiger partial charge in [0.15, 0.2) is 0 Å². The molecule has 0 spiro atoms. The van der Waals surface area contributed by atoms with E-state index in [0.29, 0.717) is 0 Å². The van der Waals surface area contributed by atoms with E-state index < -0.39 is 8.25 Å². The quantitative estimate of drug-likeness (QED) is 0.454. The van der Waals surface area contributed by atoms with E-state index in [4.69, 9.17) is 14.4 Å². The molecule has 0 amide bonds. The molecule has 0 aliphatic heterocycles. The Morgan fingerprint density at radius 2 is 1.77 bits per heavy atom. The predicted molar refractivity (Wildman–Crippen MR) is 52.9 cm³/mol. The van der Waals surface area contributed by atoms with Crippen LogP contribution in [0, 0.1) is 0 Å². The molecule has 0 aromatic rings. The average Bonchev–Trinajstić information content (AvgIpc) is 1.97. The maximum absolute atomic E-state index is 8.74. The molecule has 0 saturated carbocycles. The first kappa shape index (κ1) is 16.2. The first-order chi connectivity index (χ1) is 6.00. The summed E-state index contributed by atoms with van der Waals surface area (Å²) < 4.78 is 9.83. The molecule has 13 heavy (non-hydrogen) atoms. The Balaban J connectivity index is 0. The maximum Gasteiger partial charge on any atom is 0.314 e. The van der Waals surface area contributed by atoms with Crippen LogP contribution in [0.25, 0.3) is 0 Å². The van der Waals surface area contributed by atoms with E-state index in [0.717, 1.165) is 4.51 Å². The molecular weight excluding hydrogens is 240 g/mol. The molecule has 0 saturated heterocycles. The van der Waals surface area contributed by atoms with Crippen molar-refractivity contribution in [2.75, 3.05) is 0 Å². The summed E-state index contributed by atoms with van der Waals surface area (Å²) in [4.78, 5) is 14.3. The molecule has 5 heteroatoms. The molecule has 2 N–H and O–H groups in total. The Bertz CT molecular complexity index is 116. The van der Waals surface area contributed by atoms with E-state index in [1.165, 1.54) is 19.3 Å². The summed E-state index contributed by atoms with van der Waals surface area (Å²) in [5.74, 6) is 0. The van der Waals surface area contributed by atoms with Gasteiger partial charge in [0.25, 0.3) is 0 Å². The Morgan fingerprint density at radius 1 is 1.31 bits per heavy atom. The van der Waals surface area contributed by atoms with Crippen molar-refractivity contribution in [1.82, 2.24) is 0 Å². The van der Waals surface area contributed by atoms with Gasteiger partial charge in [-0.1, -0.05) is 0 Å². The molecule has 0 aromatic heterocycles. The van der Waals surface area contributed by atoms with Gasteiger partial charge in [0.2, 0.25) is 0 Å². The van der Waals surface area contributed by atoms with Gasteiger partial charge in [-0.15, -0.1) is 0 Å². The molecule has 0 aliphatic carbocycles. The van der Waals surface area contributed by atoms with Crippen LogP contribution in [0.3, 0.4) is 0 Å². The van der Waals surface area contributed by atoms with Crippen LogP contribution in [0.5, 0.6) is 0 Å². The summed E-state index contributed by atoms with van der Waals surface area (Å²) in [6.07, 6.45) is 4.38. The van der Waals surface area contributed by atoms with Crippen LogP contribution in [-0.2, 0) is 21.7 Å². The SMILES string of the molecule is CCCC[CH2][Zn][CH](C)C.O=[PH](O)O. The summed E-state index contributed by atoms with van der Waals surface area (Å²) in [6, 6.07) is 0. The summed E-state index contributed by atoms with van der Waals surface area (Å²) >= 11 is -0.0560. The van der Waals surface area contributed by atoms with Crippen molar-refractivity contribution in [3.05, 3.63) is 0 Å². The Morgan fingerprint density at radius 3 is 2.08 bits per heavy atom. The zero-order valence-corrected chi connectivity index (χ0v) is 12.9. The van der Waals surface area contributed by atoms with Crippen molar-refractivity contribution in [3.8, 4) is 0 Å². The molecular formula is C8H21O3PZn. The van der Waals surface area contributed by atoms with Crippen LogP contribution in [0.15, 0.2) is 0 Å². The van der Waals surface area contributed by atoms with E-state index in [-0.39, 0.29) is 17.1 Å². The average molecular weight is 262 g/mol. The van der Waals surface area contributed by atoms with Gasteiger partial charge in [0, 0.05) is 0 Å². The van der Waals surface area contributed by atoms with Gasteiger partial charge in [0.1, 0.15) is 0 Å². The number of hydrogen-bond acceptors (Lipinski definition) is 1. The molecule has 0 rings (SSSR count). The third-order valence-corrected chi connectivity index (χ3v) is 5.96. The zero-order chi connectivity index (χ0) is 10.7. The summed E-state index contributed by atoms with van der Waals surface area (Å²) in [6.45, 7) is 7.04. The van der Waals surface area contributed by atoms with Gasteiger partial charge < -0.3 is 9.79 Å². The molecule has 0 radical (unpaired) electrons. The third-order valence-electron chi connectivity index (χ3n) is 1.64. The van der Waals surface area contributed by atoms with E-state index in [1.807, 2.05) is 0 Å². The van der Waals surface area contributed by atoms with Crippen LogP contribution in [0.1, 0.15) is 40.0 Å². The third kappa shape index (κ3) is 32.3. The first-order valence-corrected chi connectivity index (χ1v) is 10.0.